The lowest BCUT2D eigenvalue weighted by atomic mass is 10.1. The molecule has 108 valence electrons. The highest BCUT2D eigenvalue weighted by Gasteiger charge is 2.28. The summed E-state index contributed by atoms with van der Waals surface area (Å²) in [7, 11) is 0. The largest absolute Gasteiger partial charge is 0.453 e. The summed E-state index contributed by atoms with van der Waals surface area (Å²) in [6.45, 7) is 1.83. The standard InChI is InChI=1S/C15H12ClFN2O2/c1-7-2-3-10(17)13(4-7)21-12-6-11-8(5-9(12)16)14(18)15(20)19-11/h2-6,14H,18H2,1H3,(H,19,20). The van der Waals surface area contributed by atoms with Gasteiger partial charge in [0.25, 0.3) is 0 Å². The van der Waals surface area contributed by atoms with Crippen LogP contribution in [0.15, 0.2) is 30.3 Å². The van der Waals surface area contributed by atoms with Crippen LogP contribution in [0.3, 0.4) is 0 Å². The smallest absolute Gasteiger partial charge is 0.245 e. The van der Waals surface area contributed by atoms with Gasteiger partial charge in [-0.05, 0) is 30.7 Å². The number of fused-ring (bicyclic) bond motifs is 1. The summed E-state index contributed by atoms with van der Waals surface area (Å²) in [6, 6.07) is 6.90. The zero-order valence-electron chi connectivity index (χ0n) is 11.1. The molecule has 0 radical (unpaired) electrons. The number of rotatable bonds is 2. The molecule has 1 aliphatic rings. The Labute approximate surface area is 125 Å². The van der Waals surface area contributed by atoms with Crippen molar-refractivity contribution >= 4 is 23.2 Å². The Morgan fingerprint density at radius 2 is 2.05 bits per heavy atom. The minimum absolute atomic E-state index is 0.0745. The van der Waals surface area contributed by atoms with Crippen molar-refractivity contribution in [1.82, 2.24) is 0 Å². The summed E-state index contributed by atoms with van der Waals surface area (Å²) in [5.41, 5.74) is 7.72. The van der Waals surface area contributed by atoms with E-state index in [1.807, 2.05) is 6.92 Å². The molecule has 1 heterocycles. The van der Waals surface area contributed by atoms with E-state index in [2.05, 4.69) is 5.32 Å². The highest BCUT2D eigenvalue weighted by molar-refractivity contribution is 6.32. The third-order valence-electron chi connectivity index (χ3n) is 3.29. The van der Waals surface area contributed by atoms with Crippen molar-refractivity contribution < 1.29 is 13.9 Å². The molecule has 0 saturated carbocycles. The molecule has 2 aromatic rings. The molecule has 1 aliphatic heterocycles. The predicted molar refractivity (Wildman–Crippen MR) is 78.2 cm³/mol. The quantitative estimate of drug-likeness (QED) is 0.892. The van der Waals surface area contributed by atoms with Crippen LogP contribution in [-0.4, -0.2) is 5.91 Å². The van der Waals surface area contributed by atoms with E-state index in [0.29, 0.717) is 11.3 Å². The van der Waals surface area contributed by atoms with E-state index in [4.69, 9.17) is 22.1 Å². The molecular weight excluding hydrogens is 295 g/mol. The molecule has 0 fully saturated rings. The lowest BCUT2D eigenvalue weighted by molar-refractivity contribution is -0.116. The van der Waals surface area contributed by atoms with E-state index in [0.717, 1.165) is 5.56 Å². The van der Waals surface area contributed by atoms with Crippen LogP contribution in [0.2, 0.25) is 5.02 Å². The third kappa shape index (κ3) is 2.46. The number of benzene rings is 2. The van der Waals surface area contributed by atoms with Crippen molar-refractivity contribution in [1.29, 1.82) is 0 Å². The summed E-state index contributed by atoms with van der Waals surface area (Å²) >= 11 is 6.12. The first-order valence-electron chi connectivity index (χ1n) is 6.29. The first-order chi connectivity index (χ1) is 9.95. The third-order valence-corrected chi connectivity index (χ3v) is 3.58. The molecule has 3 N–H and O–H groups in total. The molecular formula is C15H12ClFN2O2. The molecule has 2 aromatic carbocycles. The molecule has 0 saturated heterocycles. The molecule has 1 unspecified atom stereocenters. The zero-order chi connectivity index (χ0) is 15.1. The number of aryl methyl sites for hydroxylation is 1. The lowest BCUT2D eigenvalue weighted by Gasteiger charge is -2.11. The van der Waals surface area contributed by atoms with Gasteiger partial charge < -0.3 is 15.8 Å². The van der Waals surface area contributed by atoms with Crippen LogP contribution in [0.1, 0.15) is 17.2 Å². The average Bonchev–Trinajstić information content (AvgIpc) is 2.70. The Balaban J connectivity index is 1.99. The molecule has 1 amide bonds. The Morgan fingerprint density at radius 3 is 2.81 bits per heavy atom. The van der Waals surface area contributed by atoms with E-state index in [1.165, 1.54) is 6.07 Å². The van der Waals surface area contributed by atoms with Crippen LogP contribution in [0.5, 0.6) is 11.5 Å². The van der Waals surface area contributed by atoms with Crippen LogP contribution < -0.4 is 15.8 Å². The van der Waals surface area contributed by atoms with E-state index in [1.54, 1.807) is 24.3 Å². The van der Waals surface area contributed by atoms with Crippen LogP contribution in [0, 0.1) is 12.7 Å². The number of nitrogens with one attached hydrogen (secondary N) is 1. The Kier molecular flexibility index (Phi) is 3.31. The maximum absolute atomic E-state index is 13.7. The predicted octanol–water partition coefficient (Wildman–Crippen LogP) is 3.53. The first kappa shape index (κ1) is 13.9. The molecule has 0 aliphatic carbocycles. The molecule has 6 heteroatoms. The number of hydrogen-bond donors (Lipinski definition) is 2. The van der Waals surface area contributed by atoms with Crippen molar-refractivity contribution in [3.63, 3.8) is 0 Å². The topological polar surface area (TPSA) is 64.3 Å². The molecule has 4 nitrogen and oxygen atoms in total. The van der Waals surface area contributed by atoms with Crippen LogP contribution >= 0.6 is 11.6 Å². The van der Waals surface area contributed by atoms with Crippen molar-refractivity contribution in [3.8, 4) is 11.5 Å². The fourth-order valence-corrected chi connectivity index (χ4v) is 2.38. The number of hydrogen-bond acceptors (Lipinski definition) is 3. The number of ether oxygens (including phenoxy) is 1. The summed E-state index contributed by atoms with van der Waals surface area (Å²) in [4.78, 5) is 11.5. The second-order valence-electron chi connectivity index (χ2n) is 4.87. The fraction of sp³-hybridized carbons (Fsp3) is 0.133. The van der Waals surface area contributed by atoms with Gasteiger partial charge in [-0.15, -0.1) is 0 Å². The summed E-state index contributed by atoms with van der Waals surface area (Å²) in [5.74, 6) is -0.461. The zero-order valence-corrected chi connectivity index (χ0v) is 11.9. The van der Waals surface area contributed by atoms with E-state index in [9.17, 15) is 9.18 Å². The number of carbonyl (C=O) groups excluding carboxylic acids is 1. The lowest BCUT2D eigenvalue weighted by Crippen LogP contribution is -2.19. The van der Waals surface area contributed by atoms with Crippen molar-refractivity contribution in [3.05, 3.63) is 52.3 Å². The molecule has 1 atom stereocenters. The van der Waals surface area contributed by atoms with Gasteiger partial charge in [-0.2, -0.15) is 0 Å². The van der Waals surface area contributed by atoms with Gasteiger partial charge in [-0.1, -0.05) is 17.7 Å². The Bertz CT molecular complexity index is 749. The number of anilines is 1. The summed E-state index contributed by atoms with van der Waals surface area (Å²) in [5, 5.41) is 2.90. The summed E-state index contributed by atoms with van der Waals surface area (Å²) < 4.78 is 19.2. The van der Waals surface area contributed by atoms with Gasteiger partial charge in [0.2, 0.25) is 5.91 Å². The Hall–Kier alpha value is -2.11. The Morgan fingerprint density at radius 1 is 1.29 bits per heavy atom. The number of carbonyl (C=O) groups is 1. The van der Waals surface area contributed by atoms with Gasteiger partial charge in [0.05, 0.1) is 5.02 Å². The maximum atomic E-state index is 13.7. The number of amides is 1. The maximum Gasteiger partial charge on any atom is 0.245 e. The van der Waals surface area contributed by atoms with Gasteiger partial charge >= 0.3 is 0 Å². The van der Waals surface area contributed by atoms with Gasteiger partial charge in [0.1, 0.15) is 11.8 Å². The molecule has 0 bridgehead atoms. The van der Waals surface area contributed by atoms with Crippen LogP contribution in [0.25, 0.3) is 0 Å². The molecule has 21 heavy (non-hydrogen) atoms. The number of halogens is 2. The number of nitrogens with two attached hydrogens (primary N) is 1. The second-order valence-corrected chi connectivity index (χ2v) is 5.28. The van der Waals surface area contributed by atoms with Gasteiger partial charge in [-0.25, -0.2) is 4.39 Å². The van der Waals surface area contributed by atoms with E-state index >= 15 is 0 Å². The molecule has 3 rings (SSSR count). The first-order valence-corrected chi connectivity index (χ1v) is 6.67. The highest BCUT2D eigenvalue weighted by atomic mass is 35.5. The fourth-order valence-electron chi connectivity index (χ4n) is 2.17. The van der Waals surface area contributed by atoms with Crippen molar-refractivity contribution in [2.45, 2.75) is 13.0 Å². The molecule has 0 aromatic heterocycles. The van der Waals surface area contributed by atoms with Gasteiger partial charge in [-0.3, -0.25) is 4.79 Å². The van der Waals surface area contributed by atoms with E-state index in [-0.39, 0.29) is 22.4 Å². The SMILES string of the molecule is Cc1ccc(F)c(Oc2cc3c(cc2Cl)C(N)C(=O)N3)c1. The van der Waals surface area contributed by atoms with Crippen molar-refractivity contribution in [2.24, 2.45) is 5.73 Å². The second kappa shape index (κ2) is 5.02. The minimum Gasteiger partial charge on any atom is -0.453 e. The normalized spacial score (nSPS) is 16.6. The van der Waals surface area contributed by atoms with Gasteiger partial charge in [0.15, 0.2) is 11.6 Å². The average molecular weight is 307 g/mol. The monoisotopic (exact) mass is 306 g/mol. The van der Waals surface area contributed by atoms with Gasteiger partial charge in [0, 0.05) is 17.3 Å². The highest BCUT2D eigenvalue weighted by Crippen LogP contribution is 2.39. The van der Waals surface area contributed by atoms with Crippen LogP contribution in [0.4, 0.5) is 10.1 Å². The summed E-state index contributed by atoms with van der Waals surface area (Å²) in [6.07, 6.45) is 0. The molecule has 0 spiro atoms. The van der Waals surface area contributed by atoms with Crippen LogP contribution in [-0.2, 0) is 4.79 Å². The van der Waals surface area contributed by atoms with E-state index < -0.39 is 11.9 Å². The minimum atomic E-state index is -0.748. The van der Waals surface area contributed by atoms with Crippen molar-refractivity contribution in [2.75, 3.05) is 5.32 Å².